The third kappa shape index (κ3) is 2.66. The number of Topliss-reactive ketones (excluding diaryl/α,β-unsaturated/α-hetero) is 1. The fraction of sp³-hybridized carbons (Fsp3) is 0.417. The first-order valence-corrected chi connectivity index (χ1v) is 5.19. The summed E-state index contributed by atoms with van der Waals surface area (Å²) in [6.45, 7) is 2.60. The van der Waals surface area contributed by atoms with Crippen LogP contribution in [0.2, 0.25) is 0 Å². The minimum absolute atomic E-state index is 0.0236. The zero-order valence-corrected chi connectivity index (χ0v) is 9.64. The van der Waals surface area contributed by atoms with E-state index in [2.05, 4.69) is 0 Å². The average molecular weight is 245 g/mol. The Kier molecular flexibility index (Phi) is 3.62. The summed E-state index contributed by atoms with van der Waals surface area (Å²) >= 11 is 0. The van der Waals surface area contributed by atoms with Crippen LogP contribution in [0.15, 0.2) is 24.3 Å². The second-order valence-electron chi connectivity index (χ2n) is 4.08. The molecule has 0 amide bonds. The monoisotopic (exact) mass is 245 g/mol. The number of halogens is 3. The van der Waals surface area contributed by atoms with Crippen LogP contribution < -0.4 is 5.73 Å². The summed E-state index contributed by atoms with van der Waals surface area (Å²) in [5, 5.41) is 0. The number of carbonyl (C=O) groups excluding carboxylic acids is 1. The maximum atomic E-state index is 12.6. The predicted molar refractivity (Wildman–Crippen MR) is 58.8 cm³/mol. The van der Waals surface area contributed by atoms with E-state index < -0.39 is 17.5 Å². The maximum Gasteiger partial charge on any atom is 0.413 e. The molecule has 0 radical (unpaired) electrons. The number of hydrogen-bond donors (Lipinski definition) is 1. The van der Waals surface area contributed by atoms with E-state index in [1.807, 2.05) is 6.92 Å². The highest BCUT2D eigenvalue weighted by Gasteiger charge is 2.53. The Bertz CT molecular complexity index is 407. The average Bonchev–Trinajstić information content (AvgIpc) is 2.26. The van der Waals surface area contributed by atoms with E-state index in [0.29, 0.717) is 6.92 Å². The summed E-state index contributed by atoms with van der Waals surface area (Å²) in [5.74, 6) is -1.12. The Morgan fingerprint density at radius 1 is 1.24 bits per heavy atom. The van der Waals surface area contributed by atoms with Gasteiger partial charge in [-0.2, -0.15) is 13.2 Å². The molecular weight excluding hydrogens is 231 g/mol. The van der Waals surface area contributed by atoms with Gasteiger partial charge in [-0.1, -0.05) is 31.2 Å². The van der Waals surface area contributed by atoms with E-state index in [1.165, 1.54) is 12.1 Å². The van der Waals surface area contributed by atoms with Crippen molar-refractivity contribution in [2.75, 3.05) is 0 Å². The number of ketones is 1. The summed E-state index contributed by atoms with van der Waals surface area (Å²) in [6, 6.07) is 6.00. The molecule has 0 saturated carbocycles. The van der Waals surface area contributed by atoms with Crippen molar-refractivity contribution in [1.29, 1.82) is 0 Å². The van der Waals surface area contributed by atoms with Crippen LogP contribution in [0.25, 0.3) is 0 Å². The van der Waals surface area contributed by atoms with E-state index >= 15 is 0 Å². The van der Waals surface area contributed by atoms with Crippen LogP contribution >= 0.6 is 0 Å². The summed E-state index contributed by atoms with van der Waals surface area (Å²) in [5.41, 5.74) is 3.15. The molecule has 5 heteroatoms. The van der Waals surface area contributed by atoms with Crippen molar-refractivity contribution in [1.82, 2.24) is 0 Å². The van der Waals surface area contributed by atoms with Crippen molar-refractivity contribution in [3.8, 4) is 0 Å². The highest BCUT2D eigenvalue weighted by molar-refractivity contribution is 6.03. The molecule has 0 heterocycles. The Morgan fingerprint density at radius 3 is 2.06 bits per heavy atom. The Morgan fingerprint density at radius 2 is 1.71 bits per heavy atom. The lowest BCUT2D eigenvalue weighted by molar-refractivity contribution is -0.165. The molecule has 17 heavy (non-hydrogen) atoms. The molecule has 0 aromatic heterocycles. The zero-order chi connectivity index (χ0) is 13.3. The molecule has 2 N–H and O–H groups in total. The minimum atomic E-state index is -4.76. The van der Waals surface area contributed by atoms with Gasteiger partial charge < -0.3 is 5.73 Å². The molecule has 0 saturated heterocycles. The Balaban J connectivity index is 3.04. The predicted octanol–water partition coefficient (Wildman–Crippen LogP) is 2.71. The van der Waals surface area contributed by atoms with Crippen LogP contribution in [0.3, 0.4) is 0 Å². The van der Waals surface area contributed by atoms with Gasteiger partial charge in [0.05, 0.1) is 0 Å². The Hall–Kier alpha value is -1.36. The second-order valence-corrected chi connectivity index (χ2v) is 4.08. The van der Waals surface area contributed by atoms with Gasteiger partial charge in [0.2, 0.25) is 0 Å². The fourth-order valence-corrected chi connectivity index (χ4v) is 1.32. The van der Waals surface area contributed by atoms with Crippen molar-refractivity contribution in [2.45, 2.75) is 32.0 Å². The smallest absolute Gasteiger partial charge is 0.311 e. The third-order valence-corrected chi connectivity index (χ3v) is 2.68. The van der Waals surface area contributed by atoms with E-state index in [0.717, 1.165) is 12.0 Å². The second kappa shape index (κ2) is 4.49. The lowest BCUT2D eigenvalue weighted by Gasteiger charge is -2.25. The van der Waals surface area contributed by atoms with E-state index in [4.69, 9.17) is 5.73 Å². The van der Waals surface area contributed by atoms with Gasteiger partial charge in [-0.15, -0.1) is 0 Å². The Labute approximate surface area is 97.6 Å². The van der Waals surface area contributed by atoms with E-state index in [1.54, 1.807) is 12.1 Å². The molecule has 1 atom stereocenters. The summed E-state index contributed by atoms with van der Waals surface area (Å²) in [6.07, 6.45) is -4.00. The van der Waals surface area contributed by atoms with Crippen molar-refractivity contribution in [3.63, 3.8) is 0 Å². The molecular formula is C12H14F3NO. The van der Waals surface area contributed by atoms with Crippen LogP contribution in [0, 0.1) is 0 Å². The standard InChI is InChI=1S/C12H14F3NO/c1-3-8-4-6-9(7-5-8)10(17)11(2,16)12(13,14)15/h4-7H,3,16H2,1-2H3. The summed E-state index contributed by atoms with van der Waals surface area (Å²) in [4.78, 5) is 11.7. The molecule has 1 aromatic rings. The van der Waals surface area contributed by atoms with E-state index in [-0.39, 0.29) is 5.56 Å². The van der Waals surface area contributed by atoms with Crippen molar-refractivity contribution >= 4 is 5.78 Å². The first-order valence-electron chi connectivity index (χ1n) is 5.19. The van der Waals surface area contributed by atoms with Gasteiger partial charge in [-0.3, -0.25) is 4.79 Å². The molecule has 0 bridgehead atoms. The quantitative estimate of drug-likeness (QED) is 0.832. The van der Waals surface area contributed by atoms with Gasteiger partial charge in [0.15, 0.2) is 11.3 Å². The van der Waals surface area contributed by atoms with Crippen molar-refractivity contribution in [3.05, 3.63) is 35.4 Å². The maximum absolute atomic E-state index is 12.6. The molecule has 1 aromatic carbocycles. The SMILES string of the molecule is CCc1ccc(C(=O)C(C)(N)C(F)(F)F)cc1. The lowest BCUT2D eigenvalue weighted by atomic mass is 9.91. The molecule has 0 aliphatic carbocycles. The largest absolute Gasteiger partial charge is 0.413 e. The van der Waals surface area contributed by atoms with Crippen molar-refractivity contribution in [2.24, 2.45) is 5.73 Å². The molecule has 94 valence electrons. The van der Waals surface area contributed by atoms with Crippen LogP contribution in [0.1, 0.15) is 29.8 Å². The molecule has 1 unspecified atom stereocenters. The van der Waals surface area contributed by atoms with Crippen LogP contribution in [0.5, 0.6) is 0 Å². The zero-order valence-electron chi connectivity index (χ0n) is 9.64. The first kappa shape index (κ1) is 13.7. The normalized spacial score (nSPS) is 15.4. The summed E-state index contributed by atoms with van der Waals surface area (Å²) in [7, 11) is 0. The van der Waals surface area contributed by atoms with Gasteiger partial charge in [0, 0.05) is 5.56 Å². The number of nitrogens with two attached hydrogens (primary N) is 1. The number of hydrogen-bond acceptors (Lipinski definition) is 2. The molecule has 0 aliphatic heterocycles. The fourth-order valence-electron chi connectivity index (χ4n) is 1.32. The topological polar surface area (TPSA) is 43.1 Å². The van der Waals surface area contributed by atoms with Crippen LogP contribution in [0.4, 0.5) is 13.2 Å². The molecule has 1 rings (SSSR count). The molecule has 0 aliphatic rings. The number of alkyl halides is 3. The number of rotatable bonds is 3. The van der Waals surface area contributed by atoms with Crippen LogP contribution in [-0.2, 0) is 6.42 Å². The minimum Gasteiger partial charge on any atom is -0.311 e. The molecule has 0 fully saturated rings. The van der Waals surface area contributed by atoms with Gasteiger partial charge >= 0.3 is 6.18 Å². The third-order valence-electron chi connectivity index (χ3n) is 2.68. The molecule has 2 nitrogen and oxygen atoms in total. The van der Waals surface area contributed by atoms with Crippen molar-refractivity contribution < 1.29 is 18.0 Å². The summed E-state index contributed by atoms with van der Waals surface area (Å²) < 4.78 is 37.7. The van der Waals surface area contributed by atoms with Gasteiger partial charge in [-0.05, 0) is 18.9 Å². The number of aryl methyl sites for hydroxylation is 1. The number of carbonyl (C=O) groups is 1. The highest BCUT2D eigenvalue weighted by Crippen LogP contribution is 2.30. The number of benzene rings is 1. The van der Waals surface area contributed by atoms with Gasteiger partial charge in [-0.25, -0.2) is 0 Å². The van der Waals surface area contributed by atoms with Gasteiger partial charge in [0.1, 0.15) is 0 Å². The van der Waals surface area contributed by atoms with Crippen LogP contribution in [-0.4, -0.2) is 17.5 Å². The van der Waals surface area contributed by atoms with E-state index in [9.17, 15) is 18.0 Å². The lowest BCUT2D eigenvalue weighted by Crippen LogP contribution is -2.57. The van der Waals surface area contributed by atoms with Gasteiger partial charge in [0.25, 0.3) is 0 Å². The highest BCUT2D eigenvalue weighted by atomic mass is 19.4. The first-order chi connectivity index (χ1) is 7.70. The molecule has 0 spiro atoms.